The molecular weight excluding hydrogens is 677 g/mol. The van der Waals surface area contributed by atoms with E-state index in [0.29, 0.717) is 0 Å². The summed E-state index contributed by atoms with van der Waals surface area (Å²) >= 11 is 0. The Hall–Kier alpha value is -7.42. The van der Waals surface area contributed by atoms with Crippen molar-refractivity contribution in [1.29, 1.82) is 0 Å². The van der Waals surface area contributed by atoms with Crippen LogP contribution in [-0.2, 0) is 0 Å². The van der Waals surface area contributed by atoms with Crippen molar-refractivity contribution in [3.63, 3.8) is 0 Å². The number of para-hydroxylation sites is 4. The van der Waals surface area contributed by atoms with E-state index < -0.39 is 0 Å². The van der Waals surface area contributed by atoms with E-state index in [-0.39, 0.29) is 0 Å². The summed E-state index contributed by atoms with van der Waals surface area (Å²) in [7, 11) is 0. The Kier molecular flexibility index (Phi) is 8.55. The van der Waals surface area contributed by atoms with Gasteiger partial charge >= 0.3 is 0 Å². The normalized spacial score (nSPS) is 11.2. The second kappa shape index (κ2) is 14.4. The molecule has 1 heterocycles. The van der Waals surface area contributed by atoms with Gasteiger partial charge in [-0.05, 0) is 64.2 Å². The maximum absolute atomic E-state index is 2.46. The highest BCUT2D eigenvalue weighted by Gasteiger charge is 2.23. The Morgan fingerprint density at radius 1 is 0.286 bits per heavy atom. The SMILES string of the molecule is c1ccc(-c2ccccc2-c2ccccc2N(c2ccc3c4ccccc4n(-c4ccccc4-c4ccccc4)c3c2)c2ccccc2-c2ccccc2)cc1. The molecule has 0 aliphatic heterocycles. The third-order valence-electron chi connectivity index (χ3n) is 10.8. The van der Waals surface area contributed by atoms with Crippen LogP contribution in [0.25, 0.3) is 72.0 Å². The molecule has 0 aliphatic carbocycles. The molecule has 0 N–H and O–H groups in total. The van der Waals surface area contributed by atoms with E-state index >= 15 is 0 Å². The van der Waals surface area contributed by atoms with Crippen molar-refractivity contribution < 1.29 is 0 Å². The summed E-state index contributed by atoms with van der Waals surface area (Å²) < 4.78 is 2.45. The fourth-order valence-electron chi connectivity index (χ4n) is 8.31. The van der Waals surface area contributed by atoms with Crippen LogP contribution in [0.15, 0.2) is 231 Å². The molecule has 0 spiro atoms. The largest absolute Gasteiger partial charge is 0.309 e. The third kappa shape index (κ3) is 5.85. The summed E-state index contributed by atoms with van der Waals surface area (Å²) in [6, 6.07) is 83.1. The first-order valence-electron chi connectivity index (χ1n) is 19.2. The van der Waals surface area contributed by atoms with Gasteiger partial charge in [-0.15, -0.1) is 0 Å². The molecule has 0 unspecified atom stereocenters. The molecule has 10 rings (SSSR count). The summed E-state index contributed by atoms with van der Waals surface area (Å²) in [5, 5.41) is 2.44. The highest BCUT2D eigenvalue weighted by Crippen LogP contribution is 2.47. The smallest absolute Gasteiger partial charge is 0.0562 e. The third-order valence-corrected chi connectivity index (χ3v) is 10.8. The van der Waals surface area contributed by atoms with E-state index in [2.05, 4.69) is 240 Å². The van der Waals surface area contributed by atoms with Crippen molar-refractivity contribution in [3.8, 4) is 50.2 Å². The quantitative estimate of drug-likeness (QED) is 0.152. The average molecular weight is 715 g/mol. The van der Waals surface area contributed by atoms with Gasteiger partial charge in [-0.1, -0.05) is 194 Å². The molecule has 264 valence electrons. The zero-order chi connectivity index (χ0) is 37.3. The minimum Gasteiger partial charge on any atom is -0.309 e. The van der Waals surface area contributed by atoms with Crippen LogP contribution in [0.5, 0.6) is 0 Å². The fraction of sp³-hybridized carbons (Fsp3) is 0. The molecule has 0 radical (unpaired) electrons. The van der Waals surface area contributed by atoms with Gasteiger partial charge in [0.2, 0.25) is 0 Å². The highest BCUT2D eigenvalue weighted by atomic mass is 15.1. The molecule has 0 saturated heterocycles. The standard InChI is InChI=1S/C54H38N2/c1-4-20-39(21-5-1)43-26-10-11-29-46(43)47-30-14-18-34-52(47)55(50-32-16-12-27-44(50)40-22-6-2-7-23-40)42-36-37-49-48-31-15-19-35-53(48)56(54(49)38-42)51-33-17-13-28-45(51)41-24-8-3-9-25-41/h1-38H. The molecule has 0 atom stereocenters. The Morgan fingerprint density at radius 3 is 1.41 bits per heavy atom. The predicted octanol–water partition coefficient (Wildman–Crippen LogP) is 14.9. The Bertz CT molecular complexity index is 2960. The number of hydrogen-bond donors (Lipinski definition) is 0. The van der Waals surface area contributed by atoms with Gasteiger partial charge in [-0.2, -0.15) is 0 Å². The number of aromatic nitrogens is 1. The molecule has 0 saturated carbocycles. The van der Waals surface area contributed by atoms with Crippen molar-refractivity contribution in [1.82, 2.24) is 4.57 Å². The summed E-state index contributed by atoms with van der Waals surface area (Å²) in [5.41, 5.74) is 16.2. The van der Waals surface area contributed by atoms with Gasteiger partial charge in [-0.3, -0.25) is 0 Å². The van der Waals surface area contributed by atoms with Crippen LogP contribution >= 0.6 is 0 Å². The topological polar surface area (TPSA) is 8.17 Å². The summed E-state index contributed by atoms with van der Waals surface area (Å²) in [4.78, 5) is 2.46. The molecule has 2 nitrogen and oxygen atoms in total. The number of rotatable bonds is 8. The lowest BCUT2D eigenvalue weighted by molar-refractivity contribution is 1.18. The van der Waals surface area contributed by atoms with Crippen molar-refractivity contribution in [2.45, 2.75) is 0 Å². The van der Waals surface area contributed by atoms with E-state index in [0.717, 1.165) is 39.4 Å². The van der Waals surface area contributed by atoms with Crippen molar-refractivity contribution >= 4 is 38.9 Å². The van der Waals surface area contributed by atoms with E-state index in [9.17, 15) is 0 Å². The lowest BCUT2D eigenvalue weighted by Crippen LogP contribution is -2.12. The minimum atomic E-state index is 1.08. The molecule has 0 bridgehead atoms. The molecule has 10 aromatic rings. The molecule has 0 amide bonds. The van der Waals surface area contributed by atoms with Gasteiger partial charge < -0.3 is 9.47 Å². The monoisotopic (exact) mass is 714 g/mol. The number of nitrogens with zero attached hydrogens (tertiary/aromatic N) is 2. The molecular formula is C54H38N2. The van der Waals surface area contributed by atoms with Crippen molar-refractivity contribution in [3.05, 3.63) is 231 Å². The maximum atomic E-state index is 2.46. The molecule has 56 heavy (non-hydrogen) atoms. The highest BCUT2D eigenvalue weighted by molar-refractivity contribution is 6.11. The first kappa shape index (κ1) is 33.2. The number of fused-ring (bicyclic) bond motifs is 3. The molecule has 1 aromatic heterocycles. The van der Waals surface area contributed by atoms with Crippen LogP contribution in [0.4, 0.5) is 17.1 Å². The van der Waals surface area contributed by atoms with Gasteiger partial charge in [-0.25, -0.2) is 0 Å². The Morgan fingerprint density at radius 2 is 0.732 bits per heavy atom. The fourth-order valence-corrected chi connectivity index (χ4v) is 8.31. The lowest BCUT2D eigenvalue weighted by atomic mass is 9.92. The average Bonchev–Trinajstić information content (AvgIpc) is 3.61. The maximum Gasteiger partial charge on any atom is 0.0562 e. The summed E-state index contributed by atoms with van der Waals surface area (Å²) in [6.45, 7) is 0. The Balaban J connectivity index is 1.27. The van der Waals surface area contributed by atoms with E-state index in [1.165, 1.54) is 49.7 Å². The molecule has 0 aliphatic rings. The Labute approximate surface area is 327 Å². The van der Waals surface area contributed by atoms with E-state index in [4.69, 9.17) is 0 Å². The van der Waals surface area contributed by atoms with Crippen LogP contribution < -0.4 is 4.90 Å². The van der Waals surface area contributed by atoms with Crippen LogP contribution in [0.1, 0.15) is 0 Å². The van der Waals surface area contributed by atoms with E-state index in [1.807, 2.05) is 0 Å². The van der Waals surface area contributed by atoms with Crippen LogP contribution in [0.3, 0.4) is 0 Å². The van der Waals surface area contributed by atoms with Crippen LogP contribution in [-0.4, -0.2) is 4.57 Å². The summed E-state index contributed by atoms with van der Waals surface area (Å²) in [6.07, 6.45) is 0. The first-order chi connectivity index (χ1) is 27.8. The van der Waals surface area contributed by atoms with Gasteiger partial charge in [0.05, 0.1) is 28.1 Å². The zero-order valence-corrected chi connectivity index (χ0v) is 30.8. The zero-order valence-electron chi connectivity index (χ0n) is 30.8. The minimum absolute atomic E-state index is 1.08. The van der Waals surface area contributed by atoms with Crippen LogP contribution in [0, 0.1) is 0 Å². The van der Waals surface area contributed by atoms with Gasteiger partial charge in [0.15, 0.2) is 0 Å². The summed E-state index contributed by atoms with van der Waals surface area (Å²) in [5.74, 6) is 0. The van der Waals surface area contributed by atoms with Crippen molar-refractivity contribution in [2.75, 3.05) is 4.90 Å². The number of benzene rings is 9. The van der Waals surface area contributed by atoms with Gasteiger partial charge in [0, 0.05) is 33.2 Å². The predicted molar refractivity (Wildman–Crippen MR) is 237 cm³/mol. The van der Waals surface area contributed by atoms with Gasteiger partial charge in [0.1, 0.15) is 0 Å². The molecule has 9 aromatic carbocycles. The van der Waals surface area contributed by atoms with Crippen molar-refractivity contribution in [2.24, 2.45) is 0 Å². The molecule has 2 heteroatoms. The lowest BCUT2D eigenvalue weighted by Gasteiger charge is -2.30. The first-order valence-corrected chi connectivity index (χ1v) is 19.2. The number of anilines is 3. The molecule has 0 fully saturated rings. The van der Waals surface area contributed by atoms with Gasteiger partial charge in [0.25, 0.3) is 0 Å². The van der Waals surface area contributed by atoms with Crippen LogP contribution in [0.2, 0.25) is 0 Å². The second-order valence-electron chi connectivity index (χ2n) is 14.1. The second-order valence-corrected chi connectivity index (χ2v) is 14.1. The number of hydrogen-bond acceptors (Lipinski definition) is 1. The van der Waals surface area contributed by atoms with E-state index in [1.54, 1.807) is 0 Å².